The summed E-state index contributed by atoms with van der Waals surface area (Å²) < 4.78 is 25.5. The summed E-state index contributed by atoms with van der Waals surface area (Å²) in [4.78, 5) is 11.9. The maximum Gasteiger partial charge on any atom is 0.232 e. The Morgan fingerprint density at radius 3 is 2.21 bits per heavy atom. The van der Waals surface area contributed by atoms with E-state index in [1.54, 1.807) is 0 Å². The van der Waals surface area contributed by atoms with E-state index in [2.05, 4.69) is 26.1 Å². The lowest BCUT2D eigenvalue weighted by atomic mass is 10.1. The molecule has 0 spiro atoms. The standard InChI is InChI=1S/C18H30N2O3S/c1-6-16-9-11-17(12-10-16)20(24(5,22)23)13-7-8-18(21)19-15(4)14(2)3/h9-12,14-15H,6-8,13H2,1-5H3,(H,19,21). The summed E-state index contributed by atoms with van der Waals surface area (Å²) in [5.41, 5.74) is 1.81. The van der Waals surface area contributed by atoms with E-state index < -0.39 is 10.0 Å². The number of benzene rings is 1. The van der Waals surface area contributed by atoms with E-state index in [0.717, 1.165) is 12.0 Å². The van der Waals surface area contributed by atoms with Crippen LogP contribution in [0.25, 0.3) is 0 Å². The summed E-state index contributed by atoms with van der Waals surface area (Å²) in [6.07, 6.45) is 2.91. The fourth-order valence-electron chi connectivity index (χ4n) is 2.26. The van der Waals surface area contributed by atoms with Crippen molar-refractivity contribution in [2.45, 2.75) is 53.0 Å². The SMILES string of the molecule is CCc1ccc(N(CCCC(=O)NC(C)C(C)C)S(C)(=O)=O)cc1. The first-order valence-electron chi connectivity index (χ1n) is 8.51. The third-order valence-corrected chi connectivity index (χ3v) is 5.38. The molecule has 1 rings (SSSR count). The zero-order valence-electron chi connectivity index (χ0n) is 15.4. The van der Waals surface area contributed by atoms with Crippen LogP contribution >= 0.6 is 0 Å². The Bertz CT molecular complexity index is 624. The number of sulfonamides is 1. The minimum Gasteiger partial charge on any atom is -0.353 e. The molecule has 0 aromatic heterocycles. The van der Waals surface area contributed by atoms with Crippen LogP contribution in [0.2, 0.25) is 0 Å². The Balaban J connectivity index is 2.66. The topological polar surface area (TPSA) is 66.5 Å². The van der Waals surface area contributed by atoms with E-state index in [1.165, 1.54) is 10.6 Å². The van der Waals surface area contributed by atoms with Gasteiger partial charge in [0.2, 0.25) is 15.9 Å². The molecule has 1 aromatic carbocycles. The molecule has 24 heavy (non-hydrogen) atoms. The van der Waals surface area contributed by atoms with Crippen LogP contribution in [0.4, 0.5) is 5.69 Å². The van der Waals surface area contributed by atoms with Crippen molar-refractivity contribution in [2.24, 2.45) is 5.92 Å². The molecule has 0 aliphatic heterocycles. The summed E-state index contributed by atoms with van der Waals surface area (Å²) >= 11 is 0. The van der Waals surface area contributed by atoms with Crippen LogP contribution in [-0.2, 0) is 21.2 Å². The zero-order chi connectivity index (χ0) is 18.3. The van der Waals surface area contributed by atoms with Crippen molar-refractivity contribution in [3.8, 4) is 0 Å². The highest BCUT2D eigenvalue weighted by molar-refractivity contribution is 7.92. The van der Waals surface area contributed by atoms with E-state index in [0.29, 0.717) is 31.0 Å². The van der Waals surface area contributed by atoms with E-state index >= 15 is 0 Å². The summed E-state index contributed by atoms with van der Waals surface area (Å²) in [5, 5.41) is 2.94. The first-order chi connectivity index (χ1) is 11.1. The Morgan fingerprint density at radius 2 is 1.75 bits per heavy atom. The van der Waals surface area contributed by atoms with E-state index in [9.17, 15) is 13.2 Å². The number of anilines is 1. The number of nitrogens with one attached hydrogen (secondary N) is 1. The second kappa shape index (κ2) is 9.06. The molecule has 0 saturated carbocycles. The van der Waals surface area contributed by atoms with Gasteiger partial charge in [-0.05, 0) is 43.4 Å². The van der Waals surface area contributed by atoms with Crippen molar-refractivity contribution >= 4 is 21.6 Å². The highest BCUT2D eigenvalue weighted by atomic mass is 32.2. The van der Waals surface area contributed by atoms with Gasteiger partial charge in [0.15, 0.2) is 0 Å². The molecule has 1 amide bonds. The summed E-state index contributed by atoms with van der Waals surface area (Å²) in [6.45, 7) is 8.43. The molecule has 0 heterocycles. The van der Waals surface area contributed by atoms with Gasteiger partial charge < -0.3 is 5.32 Å². The molecule has 0 fully saturated rings. The third-order valence-electron chi connectivity index (χ3n) is 4.19. The van der Waals surface area contributed by atoms with Gasteiger partial charge >= 0.3 is 0 Å². The van der Waals surface area contributed by atoms with Crippen molar-refractivity contribution in [3.05, 3.63) is 29.8 Å². The Morgan fingerprint density at radius 1 is 1.17 bits per heavy atom. The normalized spacial score (nSPS) is 12.9. The Kier molecular flexibility index (Phi) is 7.73. The molecular formula is C18H30N2O3S. The molecule has 0 saturated heterocycles. The minimum absolute atomic E-state index is 0.0361. The first-order valence-corrected chi connectivity index (χ1v) is 10.4. The highest BCUT2D eigenvalue weighted by Crippen LogP contribution is 2.19. The van der Waals surface area contributed by atoms with Gasteiger partial charge in [-0.25, -0.2) is 8.42 Å². The number of carbonyl (C=O) groups excluding carboxylic acids is 1. The molecule has 1 atom stereocenters. The van der Waals surface area contributed by atoms with Crippen LogP contribution in [0, 0.1) is 5.92 Å². The second-order valence-corrected chi connectivity index (χ2v) is 8.47. The molecule has 136 valence electrons. The van der Waals surface area contributed by atoms with Crippen molar-refractivity contribution in [1.82, 2.24) is 5.32 Å². The predicted octanol–water partition coefficient (Wildman–Crippen LogP) is 2.96. The average molecular weight is 355 g/mol. The van der Waals surface area contributed by atoms with Crippen LogP contribution in [-0.4, -0.2) is 33.2 Å². The lowest BCUT2D eigenvalue weighted by Crippen LogP contribution is -2.37. The number of rotatable bonds is 9. The molecule has 1 unspecified atom stereocenters. The lowest BCUT2D eigenvalue weighted by Gasteiger charge is -2.23. The maximum atomic E-state index is 12.1. The van der Waals surface area contributed by atoms with Gasteiger partial charge in [-0.1, -0.05) is 32.9 Å². The van der Waals surface area contributed by atoms with Gasteiger partial charge in [-0.3, -0.25) is 9.10 Å². The predicted molar refractivity (Wildman–Crippen MR) is 99.7 cm³/mol. The van der Waals surface area contributed by atoms with Gasteiger partial charge in [0.05, 0.1) is 11.9 Å². The number of hydrogen-bond donors (Lipinski definition) is 1. The maximum absolute atomic E-state index is 12.1. The fourth-order valence-corrected chi connectivity index (χ4v) is 3.23. The Labute approximate surface area is 146 Å². The van der Waals surface area contributed by atoms with Crippen molar-refractivity contribution in [3.63, 3.8) is 0 Å². The number of nitrogens with zero attached hydrogens (tertiary/aromatic N) is 1. The molecule has 1 aromatic rings. The number of amides is 1. The number of hydrogen-bond acceptors (Lipinski definition) is 3. The fraction of sp³-hybridized carbons (Fsp3) is 0.611. The first kappa shape index (κ1) is 20.5. The molecule has 0 bridgehead atoms. The molecule has 0 aliphatic carbocycles. The average Bonchev–Trinajstić information content (AvgIpc) is 2.50. The number of carbonyl (C=O) groups is 1. The summed E-state index contributed by atoms with van der Waals surface area (Å²) in [7, 11) is -3.37. The molecule has 6 heteroatoms. The van der Waals surface area contributed by atoms with Crippen molar-refractivity contribution in [2.75, 3.05) is 17.1 Å². The smallest absolute Gasteiger partial charge is 0.232 e. The zero-order valence-corrected chi connectivity index (χ0v) is 16.2. The van der Waals surface area contributed by atoms with Crippen molar-refractivity contribution in [1.29, 1.82) is 0 Å². The van der Waals surface area contributed by atoms with Gasteiger partial charge in [-0.15, -0.1) is 0 Å². The number of aryl methyl sites for hydroxylation is 1. The van der Waals surface area contributed by atoms with Gasteiger partial charge in [0.1, 0.15) is 0 Å². The largest absolute Gasteiger partial charge is 0.353 e. The molecule has 0 radical (unpaired) electrons. The Hall–Kier alpha value is -1.56. The molecule has 5 nitrogen and oxygen atoms in total. The monoisotopic (exact) mass is 354 g/mol. The van der Waals surface area contributed by atoms with Gasteiger partial charge in [0, 0.05) is 19.0 Å². The minimum atomic E-state index is -3.37. The van der Waals surface area contributed by atoms with Crippen molar-refractivity contribution < 1.29 is 13.2 Å². The van der Waals surface area contributed by atoms with Crippen LogP contribution in [0.1, 0.15) is 46.1 Å². The summed E-state index contributed by atoms with van der Waals surface area (Å²) in [6, 6.07) is 7.63. The van der Waals surface area contributed by atoms with Crippen LogP contribution in [0.5, 0.6) is 0 Å². The summed E-state index contributed by atoms with van der Waals surface area (Å²) in [5.74, 6) is 0.338. The third kappa shape index (κ3) is 6.51. The van der Waals surface area contributed by atoms with Crippen LogP contribution in [0.3, 0.4) is 0 Å². The van der Waals surface area contributed by atoms with Crippen LogP contribution in [0.15, 0.2) is 24.3 Å². The van der Waals surface area contributed by atoms with Gasteiger partial charge in [-0.2, -0.15) is 0 Å². The van der Waals surface area contributed by atoms with Gasteiger partial charge in [0.25, 0.3) is 0 Å². The quantitative estimate of drug-likeness (QED) is 0.741. The van der Waals surface area contributed by atoms with Crippen LogP contribution < -0.4 is 9.62 Å². The molecular weight excluding hydrogens is 324 g/mol. The second-order valence-electron chi connectivity index (χ2n) is 6.56. The lowest BCUT2D eigenvalue weighted by molar-refractivity contribution is -0.122. The molecule has 1 N–H and O–H groups in total. The van der Waals surface area contributed by atoms with E-state index in [-0.39, 0.29) is 11.9 Å². The van der Waals surface area contributed by atoms with E-state index in [4.69, 9.17) is 0 Å². The highest BCUT2D eigenvalue weighted by Gasteiger charge is 2.18. The molecule has 0 aliphatic rings. The van der Waals surface area contributed by atoms with E-state index in [1.807, 2.05) is 31.2 Å².